The minimum Gasteiger partial charge on any atom is -0.495 e. The number of ether oxygens (including phenoxy) is 4. The Balaban J connectivity index is 1.58. The van der Waals surface area contributed by atoms with Gasteiger partial charge in [0.1, 0.15) is 11.5 Å². The zero-order valence-electron chi connectivity index (χ0n) is 19.0. The highest BCUT2D eigenvalue weighted by molar-refractivity contribution is 7.89. The van der Waals surface area contributed by atoms with E-state index < -0.39 is 34.6 Å². The molecular formula is C22H24Cl2N2O8S. The van der Waals surface area contributed by atoms with Crippen LogP contribution in [0.1, 0.15) is 6.92 Å². The van der Waals surface area contributed by atoms with Gasteiger partial charge in [-0.2, -0.15) is 4.31 Å². The summed E-state index contributed by atoms with van der Waals surface area (Å²) in [5.41, 5.74) is 0.215. The Morgan fingerprint density at radius 1 is 1.11 bits per heavy atom. The summed E-state index contributed by atoms with van der Waals surface area (Å²) in [6.45, 7) is 1.99. The van der Waals surface area contributed by atoms with Crippen molar-refractivity contribution >= 4 is 50.8 Å². The molecule has 1 heterocycles. The quantitative estimate of drug-likeness (QED) is 0.476. The van der Waals surface area contributed by atoms with E-state index in [1.807, 2.05) is 0 Å². The number of hydrogen-bond acceptors (Lipinski definition) is 8. The molecule has 0 spiro atoms. The van der Waals surface area contributed by atoms with E-state index in [-0.39, 0.29) is 40.2 Å². The van der Waals surface area contributed by atoms with Gasteiger partial charge in [0.05, 0.1) is 35.9 Å². The minimum atomic E-state index is -3.74. The van der Waals surface area contributed by atoms with Crippen LogP contribution in [0.5, 0.6) is 11.5 Å². The summed E-state index contributed by atoms with van der Waals surface area (Å²) in [5, 5.41) is 3.17. The maximum atomic E-state index is 12.8. The molecule has 1 saturated heterocycles. The molecule has 2 aromatic carbocycles. The number of nitrogens with zero attached hydrogens (tertiary/aromatic N) is 1. The molecule has 1 fully saturated rings. The topological polar surface area (TPSA) is 120 Å². The van der Waals surface area contributed by atoms with Crippen LogP contribution in [0.15, 0.2) is 41.3 Å². The number of methoxy groups -OCH3 is 1. The van der Waals surface area contributed by atoms with Crippen LogP contribution in [0, 0.1) is 0 Å². The summed E-state index contributed by atoms with van der Waals surface area (Å²) in [4.78, 5) is 24.6. The van der Waals surface area contributed by atoms with Gasteiger partial charge in [0, 0.05) is 24.2 Å². The second-order valence-corrected chi connectivity index (χ2v) is 10.2. The zero-order valence-corrected chi connectivity index (χ0v) is 21.3. The maximum Gasteiger partial charge on any atom is 0.347 e. The van der Waals surface area contributed by atoms with Crippen molar-refractivity contribution in [2.45, 2.75) is 17.9 Å². The normalized spacial score (nSPS) is 15.2. The second kappa shape index (κ2) is 11.9. The standard InChI is InChI=1S/C22H24Cl2N2O8S/c1-14(34-19-6-3-15(23)11-17(19)24)22(28)33-13-21(27)25-18-5-4-16(12-20(18)31-2)35(29,30)26-7-9-32-10-8-26/h3-6,11-12,14H,7-10,13H2,1-2H3,(H,25,27). The lowest BCUT2D eigenvalue weighted by Gasteiger charge is -2.26. The van der Waals surface area contributed by atoms with E-state index in [0.717, 1.165) is 0 Å². The largest absolute Gasteiger partial charge is 0.495 e. The number of nitrogens with one attached hydrogen (secondary N) is 1. The van der Waals surface area contributed by atoms with Crippen molar-refractivity contribution in [3.63, 3.8) is 0 Å². The van der Waals surface area contributed by atoms with Gasteiger partial charge in [-0.25, -0.2) is 13.2 Å². The van der Waals surface area contributed by atoms with Gasteiger partial charge in [-0.15, -0.1) is 0 Å². The van der Waals surface area contributed by atoms with Crippen LogP contribution >= 0.6 is 23.2 Å². The molecule has 190 valence electrons. The van der Waals surface area contributed by atoms with Crippen LogP contribution in [0.2, 0.25) is 10.0 Å². The zero-order chi connectivity index (χ0) is 25.6. The first-order valence-electron chi connectivity index (χ1n) is 10.5. The molecule has 0 aliphatic carbocycles. The number of amides is 1. The molecule has 0 aromatic heterocycles. The molecule has 0 saturated carbocycles. The van der Waals surface area contributed by atoms with E-state index in [4.69, 9.17) is 42.1 Å². The highest BCUT2D eigenvalue weighted by Gasteiger charge is 2.27. The predicted molar refractivity (Wildman–Crippen MR) is 129 cm³/mol. The molecule has 35 heavy (non-hydrogen) atoms. The maximum absolute atomic E-state index is 12.8. The predicted octanol–water partition coefficient (Wildman–Crippen LogP) is 2.97. The lowest BCUT2D eigenvalue weighted by atomic mass is 10.3. The molecule has 3 rings (SSSR count). The fourth-order valence-corrected chi connectivity index (χ4v) is 5.00. The number of sulfonamides is 1. The van der Waals surface area contributed by atoms with Gasteiger partial charge in [-0.05, 0) is 37.3 Å². The van der Waals surface area contributed by atoms with Crippen molar-refractivity contribution in [3.05, 3.63) is 46.4 Å². The van der Waals surface area contributed by atoms with Gasteiger partial charge in [-0.3, -0.25) is 4.79 Å². The molecule has 1 N–H and O–H groups in total. The summed E-state index contributed by atoms with van der Waals surface area (Å²) < 4.78 is 47.9. The van der Waals surface area contributed by atoms with Crippen molar-refractivity contribution < 1.29 is 37.0 Å². The van der Waals surface area contributed by atoms with Gasteiger partial charge < -0.3 is 24.3 Å². The average Bonchev–Trinajstić information content (AvgIpc) is 2.84. The smallest absolute Gasteiger partial charge is 0.347 e. The lowest BCUT2D eigenvalue weighted by molar-refractivity contribution is -0.153. The summed E-state index contributed by atoms with van der Waals surface area (Å²) in [7, 11) is -2.40. The van der Waals surface area contributed by atoms with E-state index in [1.165, 1.54) is 48.7 Å². The Labute approximate surface area is 213 Å². The minimum absolute atomic E-state index is 0.0208. The molecule has 1 aliphatic rings. The van der Waals surface area contributed by atoms with Crippen LogP contribution in [-0.2, 0) is 29.1 Å². The van der Waals surface area contributed by atoms with Crippen LogP contribution in [0.4, 0.5) is 5.69 Å². The molecule has 10 nitrogen and oxygen atoms in total. The summed E-state index contributed by atoms with van der Waals surface area (Å²) in [6.07, 6.45) is -1.04. The SMILES string of the molecule is COc1cc(S(=O)(=O)N2CCOCC2)ccc1NC(=O)COC(=O)C(C)Oc1ccc(Cl)cc1Cl. The third-order valence-corrected chi connectivity index (χ3v) is 7.36. The summed E-state index contributed by atoms with van der Waals surface area (Å²) in [5.74, 6) is -1.07. The number of benzene rings is 2. The monoisotopic (exact) mass is 546 g/mol. The molecule has 1 aliphatic heterocycles. The van der Waals surface area contributed by atoms with Crippen molar-refractivity contribution in [3.8, 4) is 11.5 Å². The number of esters is 1. The Kier molecular flexibility index (Phi) is 9.20. The Hall–Kier alpha value is -2.57. The first kappa shape index (κ1) is 27.0. The van der Waals surface area contributed by atoms with Gasteiger partial charge in [0.25, 0.3) is 5.91 Å². The average molecular weight is 547 g/mol. The third kappa shape index (κ3) is 6.98. The van der Waals surface area contributed by atoms with E-state index in [1.54, 1.807) is 6.07 Å². The number of anilines is 1. The van der Waals surface area contributed by atoms with Crippen LogP contribution in [0.25, 0.3) is 0 Å². The Morgan fingerprint density at radius 2 is 1.83 bits per heavy atom. The van der Waals surface area contributed by atoms with E-state index >= 15 is 0 Å². The van der Waals surface area contributed by atoms with Gasteiger partial charge in [-0.1, -0.05) is 23.2 Å². The van der Waals surface area contributed by atoms with Crippen molar-refractivity contribution in [1.29, 1.82) is 0 Å². The molecular weight excluding hydrogens is 523 g/mol. The molecule has 0 radical (unpaired) electrons. The molecule has 1 amide bonds. The molecule has 0 bridgehead atoms. The van der Waals surface area contributed by atoms with Gasteiger partial charge in [0.2, 0.25) is 10.0 Å². The molecule has 2 aromatic rings. The number of morpholine rings is 1. The van der Waals surface area contributed by atoms with E-state index in [2.05, 4.69) is 5.32 Å². The fraction of sp³-hybridized carbons (Fsp3) is 0.364. The van der Waals surface area contributed by atoms with Crippen molar-refractivity contribution in [1.82, 2.24) is 4.31 Å². The highest BCUT2D eigenvalue weighted by atomic mass is 35.5. The van der Waals surface area contributed by atoms with Crippen LogP contribution in [0.3, 0.4) is 0 Å². The number of carbonyl (C=O) groups excluding carboxylic acids is 2. The third-order valence-electron chi connectivity index (χ3n) is 4.93. The first-order chi connectivity index (χ1) is 16.6. The number of rotatable bonds is 9. The number of hydrogen-bond donors (Lipinski definition) is 1. The molecule has 1 atom stereocenters. The fourth-order valence-electron chi connectivity index (χ4n) is 3.12. The van der Waals surface area contributed by atoms with Gasteiger partial charge in [0.15, 0.2) is 12.7 Å². The lowest BCUT2D eigenvalue weighted by Crippen LogP contribution is -2.40. The second-order valence-electron chi connectivity index (χ2n) is 7.37. The van der Waals surface area contributed by atoms with Crippen LogP contribution in [-0.4, -0.2) is 70.7 Å². The number of halogens is 2. The van der Waals surface area contributed by atoms with Crippen molar-refractivity contribution in [2.75, 3.05) is 45.3 Å². The van der Waals surface area contributed by atoms with E-state index in [9.17, 15) is 18.0 Å². The Morgan fingerprint density at radius 3 is 2.49 bits per heavy atom. The number of carbonyl (C=O) groups is 2. The highest BCUT2D eigenvalue weighted by Crippen LogP contribution is 2.30. The van der Waals surface area contributed by atoms with Gasteiger partial charge >= 0.3 is 5.97 Å². The summed E-state index contributed by atoms with van der Waals surface area (Å²) >= 11 is 11.9. The first-order valence-corrected chi connectivity index (χ1v) is 12.7. The van der Waals surface area contributed by atoms with Crippen molar-refractivity contribution in [2.24, 2.45) is 0 Å². The van der Waals surface area contributed by atoms with E-state index in [0.29, 0.717) is 18.2 Å². The Bertz CT molecular complexity index is 1190. The summed E-state index contributed by atoms with van der Waals surface area (Å²) in [6, 6.07) is 8.61. The van der Waals surface area contributed by atoms with Crippen LogP contribution < -0.4 is 14.8 Å². The molecule has 13 heteroatoms. The molecule has 1 unspecified atom stereocenters.